The second-order valence-electron chi connectivity index (χ2n) is 23.6. The Kier molecular flexibility index (Phi) is 18.0. The quantitative estimate of drug-likeness (QED) is 0.0847. The zero-order valence-corrected chi connectivity index (χ0v) is 42.7. The molecule has 3 saturated carbocycles. The van der Waals surface area contributed by atoms with E-state index in [1.54, 1.807) is 0 Å². The number of rotatable bonds is 15. The van der Waals surface area contributed by atoms with Crippen molar-refractivity contribution < 1.29 is 104 Å². The van der Waals surface area contributed by atoms with Gasteiger partial charge in [0, 0.05) is 0 Å². The SMILES string of the molecule is CC(C)CC[C@H](O)[C@@H](C)[C@H]1[C@@H](O[C@H]2O[C@@H](CO)[C@H](O)[C@@H](O)[C@@H]2O)C[C@H]2[C@@H]3CC=C4C[C@@H](O[C@@H]5O[C@H](CO)[C@@H](O[C@@H]6O[C@@H](C)[C@H](O)[C@@H](O)[C@H]6O)[C@H](O)[C@H]5O[C@@H]5O[C@@H](C)[C@H](O)[C@@H](O)[C@H]5O)CC[C@]4(C)[C@H]3CC[C@]12C. The van der Waals surface area contributed by atoms with Crippen molar-refractivity contribution in [2.24, 2.45) is 46.3 Å². The van der Waals surface area contributed by atoms with E-state index in [0.717, 1.165) is 32.1 Å². The van der Waals surface area contributed by atoms with Crippen LogP contribution in [-0.4, -0.2) is 221 Å². The smallest absolute Gasteiger partial charge is 0.187 e. The number of allylic oxidation sites excluding steroid dienone is 1. The summed E-state index contributed by atoms with van der Waals surface area (Å²) in [5, 5.41) is 140. The molecule has 21 nitrogen and oxygen atoms in total. The molecule has 0 amide bonds. The van der Waals surface area contributed by atoms with Gasteiger partial charge in [0.25, 0.3) is 0 Å². The van der Waals surface area contributed by atoms with E-state index < -0.39 is 154 Å². The Bertz CT molecular complexity index is 1810. The number of hydrogen-bond donors (Lipinski definition) is 13. The molecule has 0 bridgehead atoms. The monoisotopic (exact) mass is 1030 g/mol. The summed E-state index contributed by atoms with van der Waals surface area (Å²) in [6.07, 6.45) is -22.4. The molecule has 4 heterocycles. The van der Waals surface area contributed by atoms with Gasteiger partial charge in [0.2, 0.25) is 0 Å². The summed E-state index contributed by atoms with van der Waals surface area (Å²) >= 11 is 0. The molecule has 0 aromatic carbocycles. The van der Waals surface area contributed by atoms with Gasteiger partial charge in [-0.25, -0.2) is 0 Å². The average Bonchev–Trinajstić information content (AvgIpc) is 3.65. The molecule has 416 valence electrons. The molecule has 0 spiro atoms. The lowest BCUT2D eigenvalue weighted by molar-refractivity contribution is -0.388. The van der Waals surface area contributed by atoms with Crippen LogP contribution in [0.15, 0.2) is 11.6 Å². The first-order valence-corrected chi connectivity index (χ1v) is 26.6. The molecule has 72 heavy (non-hydrogen) atoms. The van der Waals surface area contributed by atoms with Gasteiger partial charge in [0.05, 0.1) is 43.7 Å². The Balaban J connectivity index is 1.02. The van der Waals surface area contributed by atoms with Crippen LogP contribution in [0.4, 0.5) is 0 Å². The van der Waals surface area contributed by atoms with Gasteiger partial charge < -0.3 is 104 Å². The van der Waals surface area contributed by atoms with Crippen molar-refractivity contribution in [2.75, 3.05) is 13.2 Å². The Morgan fingerprint density at radius 3 is 1.74 bits per heavy atom. The fourth-order valence-corrected chi connectivity index (χ4v) is 14.4. The van der Waals surface area contributed by atoms with Gasteiger partial charge in [-0.3, -0.25) is 0 Å². The topological polar surface area (TPSA) is 337 Å². The van der Waals surface area contributed by atoms with Crippen LogP contribution < -0.4 is 0 Å². The third kappa shape index (κ3) is 10.6. The van der Waals surface area contributed by atoms with E-state index >= 15 is 0 Å². The second-order valence-corrected chi connectivity index (χ2v) is 23.6. The van der Waals surface area contributed by atoms with E-state index in [0.29, 0.717) is 31.6 Å². The summed E-state index contributed by atoms with van der Waals surface area (Å²) in [7, 11) is 0. The van der Waals surface area contributed by atoms with Crippen LogP contribution in [-0.2, 0) is 37.9 Å². The summed E-state index contributed by atoms with van der Waals surface area (Å²) in [5.41, 5.74) is 0.687. The summed E-state index contributed by atoms with van der Waals surface area (Å²) in [4.78, 5) is 0. The zero-order valence-electron chi connectivity index (χ0n) is 42.7. The van der Waals surface area contributed by atoms with E-state index in [2.05, 4.69) is 40.7 Å². The average molecular weight is 1040 g/mol. The maximum absolute atomic E-state index is 12.1. The minimum Gasteiger partial charge on any atom is -0.394 e. The van der Waals surface area contributed by atoms with Gasteiger partial charge in [0.15, 0.2) is 25.2 Å². The number of hydrogen-bond acceptors (Lipinski definition) is 21. The lowest BCUT2D eigenvalue weighted by Gasteiger charge is -2.58. The fourth-order valence-electron chi connectivity index (χ4n) is 14.4. The van der Waals surface area contributed by atoms with Crippen molar-refractivity contribution in [1.82, 2.24) is 0 Å². The molecule has 0 radical (unpaired) electrons. The van der Waals surface area contributed by atoms with Crippen molar-refractivity contribution in [3.8, 4) is 0 Å². The maximum atomic E-state index is 12.1. The first-order chi connectivity index (χ1) is 33.9. The number of ether oxygens (including phenoxy) is 8. The predicted octanol–water partition coefficient (Wildman–Crippen LogP) is -1.32. The van der Waals surface area contributed by atoms with Crippen molar-refractivity contribution in [2.45, 2.75) is 247 Å². The minimum atomic E-state index is -1.77. The van der Waals surface area contributed by atoms with Gasteiger partial charge in [-0.15, -0.1) is 0 Å². The summed E-state index contributed by atoms with van der Waals surface area (Å²) in [6.45, 7) is 12.6. The fraction of sp³-hybridized carbons (Fsp3) is 0.961. The highest BCUT2D eigenvalue weighted by Crippen LogP contribution is 2.68. The van der Waals surface area contributed by atoms with Crippen molar-refractivity contribution in [1.29, 1.82) is 0 Å². The highest BCUT2D eigenvalue weighted by atomic mass is 16.8. The van der Waals surface area contributed by atoms with Crippen molar-refractivity contribution in [3.05, 3.63) is 11.6 Å². The van der Waals surface area contributed by atoms with Crippen molar-refractivity contribution >= 4 is 0 Å². The molecule has 4 aliphatic carbocycles. The van der Waals surface area contributed by atoms with E-state index in [1.165, 1.54) is 19.4 Å². The number of aliphatic hydroxyl groups is 13. The summed E-state index contributed by atoms with van der Waals surface area (Å²) in [6, 6.07) is 0. The van der Waals surface area contributed by atoms with Gasteiger partial charge >= 0.3 is 0 Å². The zero-order chi connectivity index (χ0) is 52.5. The highest BCUT2D eigenvalue weighted by Gasteiger charge is 2.64. The first kappa shape index (κ1) is 57.1. The molecule has 0 aromatic rings. The molecule has 13 N–H and O–H groups in total. The van der Waals surface area contributed by atoms with Crippen LogP contribution in [0.3, 0.4) is 0 Å². The molecular formula is C51H86O21. The Morgan fingerprint density at radius 2 is 1.15 bits per heavy atom. The van der Waals surface area contributed by atoms with Crippen LogP contribution in [0.5, 0.6) is 0 Å². The molecule has 21 heteroatoms. The van der Waals surface area contributed by atoms with E-state index in [4.69, 9.17) is 37.9 Å². The van der Waals surface area contributed by atoms with Crippen molar-refractivity contribution in [3.63, 3.8) is 0 Å². The predicted molar refractivity (Wildman–Crippen MR) is 250 cm³/mol. The van der Waals surface area contributed by atoms with Crippen LogP contribution >= 0.6 is 0 Å². The Hall–Kier alpha value is -1.10. The summed E-state index contributed by atoms with van der Waals surface area (Å²) < 4.78 is 49.2. The maximum Gasteiger partial charge on any atom is 0.187 e. The standard InChI is InChI=1S/C51H86O21/c1-20(2)8-11-29(54)21(3)33-30(68-48-42(63)39(60)36(57)31(18-52)69-48)17-28-26-10-9-24-16-25(12-14-50(24,6)27(26)13-15-51(28,33)7)67-49-45(72-47-41(62)38(59)35(56)23(5)66-47)43(64)44(32(19-53)70-49)71-46-40(61)37(58)34(55)22(4)65-46/h9,20-23,25-49,52-64H,8,10-19H2,1-7H3/t21-,22+,23+,25+,26-,27+,28+,29+,30+,31+,32-,33+,34+,35+,36+,37-,38-,39-,40-,41-,42+,43+,44-,45-,46+,47+,48+,49-,50+,51+/m1/s1. The molecule has 7 fully saturated rings. The molecule has 8 aliphatic rings. The molecule has 0 unspecified atom stereocenters. The minimum absolute atomic E-state index is 0.144. The lowest BCUT2D eigenvalue weighted by atomic mass is 9.47. The Labute approximate surface area is 421 Å². The molecular weight excluding hydrogens is 949 g/mol. The van der Waals surface area contributed by atoms with E-state index in [-0.39, 0.29) is 40.4 Å². The van der Waals surface area contributed by atoms with Crippen LogP contribution in [0.1, 0.15) is 106 Å². The van der Waals surface area contributed by atoms with Crippen LogP contribution in [0.25, 0.3) is 0 Å². The number of aliphatic hydroxyl groups excluding tert-OH is 13. The third-order valence-electron chi connectivity index (χ3n) is 18.8. The molecule has 0 aromatic heterocycles. The third-order valence-corrected chi connectivity index (χ3v) is 18.8. The van der Waals surface area contributed by atoms with Crippen LogP contribution in [0.2, 0.25) is 0 Å². The first-order valence-electron chi connectivity index (χ1n) is 26.6. The van der Waals surface area contributed by atoms with Gasteiger partial charge in [-0.05, 0) is 118 Å². The Morgan fingerprint density at radius 1 is 0.597 bits per heavy atom. The highest BCUT2D eigenvalue weighted by molar-refractivity contribution is 5.26. The normalized spacial score (nSPS) is 52.8. The van der Waals surface area contributed by atoms with Gasteiger partial charge in [-0.2, -0.15) is 0 Å². The van der Waals surface area contributed by atoms with E-state index in [9.17, 15) is 66.4 Å². The molecule has 4 aliphatic heterocycles. The van der Waals surface area contributed by atoms with Gasteiger partial charge in [-0.1, -0.05) is 46.3 Å². The summed E-state index contributed by atoms with van der Waals surface area (Å²) in [5.74, 6) is 0.712. The van der Waals surface area contributed by atoms with Crippen LogP contribution in [0, 0.1) is 46.3 Å². The molecule has 30 atom stereocenters. The largest absolute Gasteiger partial charge is 0.394 e. The van der Waals surface area contributed by atoms with E-state index in [1.807, 2.05) is 0 Å². The van der Waals surface area contributed by atoms with Gasteiger partial charge in [0.1, 0.15) is 85.5 Å². The molecule has 8 rings (SSSR count). The number of fused-ring (bicyclic) bond motifs is 5. The molecule has 4 saturated heterocycles. The second kappa shape index (κ2) is 22.7. The lowest BCUT2D eigenvalue weighted by Crippen LogP contribution is -2.66.